The Morgan fingerprint density at radius 1 is 1.16 bits per heavy atom. The Bertz CT molecular complexity index is 1070. The molecule has 0 spiro atoms. The Morgan fingerprint density at radius 3 is 2.72 bits per heavy atom. The summed E-state index contributed by atoms with van der Waals surface area (Å²) < 4.78 is 41.5. The van der Waals surface area contributed by atoms with E-state index in [0.717, 1.165) is 42.8 Å². The van der Waals surface area contributed by atoms with Gasteiger partial charge in [0.1, 0.15) is 11.9 Å². The normalized spacial score (nSPS) is 23.2. The third-order valence-electron chi connectivity index (χ3n) is 6.90. The molecule has 3 aliphatic rings. The third kappa shape index (κ3) is 3.47. The van der Waals surface area contributed by atoms with Gasteiger partial charge in [0.2, 0.25) is 0 Å². The number of halogens is 3. The number of alkyl halides is 3. The molecular weight excluding hydrogens is 425 g/mol. The number of anilines is 1. The lowest BCUT2D eigenvalue weighted by atomic mass is 9.86. The summed E-state index contributed by atoms with van der Waals surface area (Å²) in [5.74, 6) is -1.60. The summed E-state index contributed by atoms with van der Waals surface area (Å²) in [6, 6.07) is -0.803. The quantitative estimate of drug-likeness (QED) is 0.734. The summed E-state index contributed by atoms with van der Waals surface area (Å²) in [4.78, 5) is 27.7. The number of carbonyl (C=O) groups is 2. The molecule has 2 aromatic rings. The fourth-order valence-electron chi connectivity index (χ4n) is 5.16. The summed E-state index contributed by atoms with van der Waals surface area (Å²) in [6.45, 7) is 0.470. The van der Waals surface area contributed by atoms with E-state index >= 15 is 0 Å². The molecule has 1 aliphatic heterocycles. The van der Waals surface area contributed by atoms with Gasteiger partial charge in [-0.2, -0.15) is 23.4 Å². The predicted molar refractivity (Wildman–Crippen MR) is 108 cm³/mol. The van der Waals surface area contributed by atoms with Crippen LogP contribution in [0.3, 0.4) is 0 Å². The SMILES string of the molecule is CN1C(=O)C(NC(=O)c2n[nH]c3c2C[C@@H](C(F)(F)F)CC3)CCn2nc3c(c21)CCCC3. The number of fused-ring (bicyclic) bond motifs is 4. The third-order valence-corrected chi connectivity index (χ3v) is 6.90. The molecule has 2 N–H and O–H groups in total. The lowest BCUT2D eigenvalue weighted by molar-refractivity contribution is -0.177. The first kappa shape index (κ1) is 21.0. The molecule has 8 nitrogen and oxygen atoms in total. The van der Waals surface area contributed by atoms with Gasteiger partial charge in [-0.1, -0.05) is 0 Å². The van der Waals surface area contributed by atoms with E-state index in [-0.39, 0.29) is 30.9 Å². The molecule has 0 radical (unpaired) electrons. The fraction of sp³-hybridized carbons (Fsp3) is 0.619. The van der Waals surface area contributed by atoms with Gasteiger partial charge in [0.25, 0.3) is 11.8 Å². The minimum Gasteiger partial charge on any atom is -0.339 e. The van der Waals surface area contributed by atoms with Gasteiger partial charge in [-0.05, 0) is 51.4 Å². The first-order valence-corrected chi connectivity index (χ1v) is 11.0. The smallest absolute Gasteiger partial charge is 0.339 e. The van der Waals surface area contributed by atoms with Crippen molar-refractivity contribution in [3.8, 4) is 0 Å². The van der Waals surface area contributed by atoms with Gasteiger partial charge in [-0.15, -0.1) is 0 Å². The van der Waals surface area contributed by atoms with Gasteiger partial charge in [0.05, 0.1) is 11.6 Å². The van der Waals surface area contributed by atoms with Crippen molar-refractivity contribution >= 4 is 17.6 Å². The topological polar surface area (TPSA) is 95.9 Å². The molecule has 5 rings (SSSR count). The average molecular weight is 450 g/mol. The minimum absolute atomic E-state index is 0.0263. The van der Waals surface area contributed by atoms with Crippen molar-refractivity contribution in [3.63, 3.8) is 0 Å². The lowest BCUT2D eigenvalue weighted by Crippen LogP contribution is -2.47. The average Bonchev–Trinajstić information content (AvgIpc) is 3.32. The van der Waals surface area contributed by atoms with Crippen molar-refractivity contribution in [2.45, 2.75) is 70.1 Å². The molecule has 0 saturated heterocycles. The number of hydrogen-bond acceptors (Lipinski definition) is 4. The number of rotatable bonds is 2. The number of carbonyl (C=O) groups excluding carboxylic acids is 2. The zero-order valence-corrected chi connectivity index (χ0v) is 17.8. The number of amides is 2. The second kappa shape index (κ2) is 7.63. The van der Waals surface area contributed by atoms with Crippen molar-refractivity contribution in [3.05, 3.63) is 28.2 Å². The number of likely N-dealkylation sites (N-methyl/N-ethyl adjacent to an activating group) is 1. The van der Waals surface area contributed by atoms with Crippen LogP contribution in [0.2, 0.25) is 0 Å². The van der Waals surface area contributed by atoms with Crippen LogP contribution >= 0.6 is 0 Å². The van der Waals surface area contributed by atoms with Crippen molar-refractivity contribution in [1.29, 1.82) is 0 Å². The first-order valence-electron chi connectivity index (χ1n) is 11.0. The maximum Gasteiger partial charge on any atom is 0.392 e. The highest BCUT2D eigenvalue weighted by atomic mass is 19.4. The van der Waals surface area contributed by atoms with Crippen LogP contribution in [0, 0.1) is 5.92 Å². The molecule has 3 heterocycles. The van der Waals surface area contributed by atoms with Crippen LogP contribution < -0.4 is 10.2 Å². The number of aromatic nitrogens is 4. The number of nitrogens with one attached hydrogen (secondary N) is 2. The molecule has 32 heavy (non-hydrogen) atoms. The van der Waals surface area contributed by atoms with Gasteiger partial charge in [-0.3, -0.25) is 19.6 Å². The van der Waals surface area contributed by atoms with Crippen LogP contribution in [0.5, 0.6) is 0 Å². The van der Waals surface area contributed by atoms with Crippen LogP contribution in [-0.4, -0.2) is 51.1 Å². The van der Waals surface area contributed by atoms with Crippen molar-refractivity contribution in [1.82, 2.24) is 25.3 Å². The number of aromatic amines is 1. The molecule has 2 amide bonds. The van der Waals surface area contributed by atoms with E-state index in [9.17, 15) is 22.8 Å². The van der Waals surface area contributed by atoms with E-state index in [0.29, 0.717) is 24.2 Å². The lowest BCUT2D eigenvalue weighted by Gasteiger charge is -2.25. The zero-order chi connectivity index (χ0) is 22.6. The monoisotopic (exact) mass is 450 g/mol. The van der Waals surface area contributed by atoms with Crippen LogP contribution in [0.4, 0.5) is 19.0 Å². The fourth-order valence-corrected chi connectivity index (χ4v) is 5.16. The number of H-pyrrole nitrogens is 1. The Hall–Kier alpha value is -2.85. The molecule has 172 valence electrons. The van der Waals surface area contributed by atoms with E-state index in [4.69, 9.17) is 0 Å². The molecule has 2 atom stereocenters. The summed E-state index contributed by atoms with van der Waals surface area (Å²) in [7, 11) is 1.68. The number of hydrogen-bond donors (Lipinski definition) is 2. The molecule has 0 fully saturated rings. The summed E-state index contributed by atoms with van der Waals surface area (Å²) in [5.41, 5.74) is 2.94. The Labute approximate surface area is 182 Å². The van der Waals surface area contributed by atoms with Gasteiger partial charge in [0.15, 0.2) is 5.69 Å². The standard InChI is InChI=1S/C21H25F3N6O2/c1-29-19-12-4-2-3-5-15(12)28-30(19)9-8-16(20(29)32)25-18(31)17-13-10-11(21(22,23)24)6-7-14(13)26-27-17/h11,16H,2-10H2,1H3,(H,25,31)(H,26,27)/t11-,16?/m0/s1. The highest BCUT2D eigenvalue weighted by Crippen LogP contribution is 2.37. The van der Waals surface area contributed by atoms with E-state index in [1.807, 2.05) is 4.68 Å². The van der Waals surface area contributed by atoms with E-state index in [2.05, 4.69) is 20.6 Å². The van der Waals surface area contributed by atoms with E-state index in [1.165, 1.54) is 0 Å². The first-order chi connectivity index (χ1) is 15.2. The van der Waals surface area contributed by atoms with Crippen LogP contribution in [-0.2, 0) is 37.0 Å². The largest absolute Gasteiger partial charge is 0.392 e. The number of nitrogens with zero attached hydrogens (tertiary/aromatic N) is 4. The molecule has 0 bridgehead atoms. The summed E-state index contributed by atoms with van der Waals surface area (Å²) >= 11 is 0. The van der Waals surface area contributed by atoms with Crippen LogP contribution in [0.1, 0.15) is 58.7 Å². The van der Waals surface area contributed by atoms with Crippen LogP contribution in [0.25, 0.3) is 0 Å². The summed E-state index contributed by atoms with van der Waals surface area (Å²) in [5, 5.41) is 14.1. The van der Waals surface area contributed by atoms with Gasteiger partial charge in [-0.25, -0.2) is 4.68 Å². The molecular formula is C21H25F3N6O2. The van der Waals surface area contributed by atoms with Gasteiger partial charge in [0, 0.05) is 30.4 Å². The molecule has 2 aromatic heterocycles. The summed E-state index contributed by atoms with van der Waals surface area (Å²) in [6.07, 6.45) is -0.168. The predicted octanol–water partition coefficient (Wildman–Crippen LogP) is 2.32. The minimum atomic E-state index is -4.32. The maximum absolute atomic E-state index is 13.2. The molecule has 2 aliphatic carbocycles. The molecule has 0 aromatic carbocycles. The second-order valence-electron chi connectivity index (χ2n) is 8.90. The van der Waals surface area contributed by atoms with Crippen molar-refractivity contribution < 1.29 is 22.8 Å². The van der Waals surface area contributed by atoms with Gasteiger partial charge < -0.3 is 5.32 Å². The maximum atomic E-state index is 13.2. The van der Waals surface area contributed by atoms with E-state index in [1.54, 1.807) is 11.9 Å². The highest BCUT2D eigenvalue weighted by Gasteiger charge is 2.43. The van der Waals surface area contributed by atoms with Gasteiger partial charge >= 0.3 is 6.18 Å². The Balaban J connectivity index is 1.35. The number of aryl methyl sites for hydroxylation is 3. The molecule has 0 saturated carbocycles. The highest BCUT2D eigenvalue weighted by molar-refractivity contribution is 6.02. The molecule has 11 heteroatoms. The Morgan fingerprint density at radius 2 is 1.94 bits per heavy atom. The van der Waals surface area contributed by atoms with Crippen LogP contribution in [0.15, 0.2) is 0 Å². The zero-order valence-electron chi connectivity index (χ0n) is 17.8. The van der Waals surface area contributed by atoms with E-state index < -0.39 is 24.0 Å². The second-order valence-corrected chi connectivity index (χ2v) is 8.90. The Kier molecular flexibility index (Phi) is 5.01. The molecule has 1 unspecified atom stereocenters. The van der Waals surface area contributed by atoms with Crippen molar-refractivity contribution in [2.24, 2.45) is 5.92 Å². The van der Waals surface area contributed by atoms with Crippen molar-refractivity contribution in [2.75, 3.05) is 11.9 Å².